The van der Waals surface area contributed by atoms with Gasteiger partial charge in [0.1, 0.15) is 18.4 Å². The summed E-state index contributed by atoms with van der Waals surface area (Å²) in [7, 11) is -2.20. The fourth-order valence-electron chi connectivity index (χ4n) is 2.64. The summed E-state index contributed by atoms with van der Waals surface area (Å²) in [5.41, 5.74) is -0.704. The number of rotatable bonds is 4. The molecule has 0 radical (unpaired) electrons. The van der Waals surface area contributed by atoms with Crippen molar-refractivity contribution in [3.05, 3.63) is 44.5 Å². The summed E-state index contributed by atoms with van der Waals surface area (Å²) in [6, 6.07) is 1.44. The summed E-state index contributed by atoms with van der Waals surface area (Å²) in [4.78, 5) is 26.0. The molecule has 148 valence electrons. The number of allylic oxidation sites excluding steroid dienone is 1. The molecule has 0 aliphatic carbocycles. The highest BCUT2D eigenvalue weighted by Gasteiger charge is 2.44. The molecule has 0 amide bonds. The van der Waals surface area contributed by atoms with Crippen molar-refractivity contribution in [3.63, 3.8) is 0 Å². The number of aryl methyl sites for hydroxylation is 1. The molecule has 1 aliphatic rings. The summed E-state index contributed by atoms with van der Waals surface area (Å²) < 4.78 is 27.1. The molecule has 2 heterocycles. The maximum absolute atomic E-state index is 13.6. The molecule has 0 aromatic carbocycles. The third kappa shape index (κ3) is 4.64. The summed E-state index contributed by atoms with van der Waals surface area (Å²) in [5.74, 6) is -0.963. The van der Waals surface area contributed by atoms with Gasteiger partial charge in [-0.25, -0.2) is 4.79 Å². The molecule has 0 saturated carbocycles. The molecule has 9 heteroatoms. The lowest BCUT2D eigenvalue weighted by Gasteiger charge is -2.39. The molecular weight excluding hydrogens is 369 g/mol. The van der Waals surface area contributed by atoms with Crippen molar-refractivity contribution in [2.45, 2.75) is 70.7 Å². The number of aromatic nitrogens is 2. The minimum atomic E-state index is -2.20. The predicted molar refractivity (Wildman–Crippen MR) is 101 cm³/mol. The van der Waals surface area contributed by atoms with Gasteiger partial charge >= 0.3 is 5.69 Å². The zero-order chi connectivity index (χ0) is 20.6. The second kappa shape index (κ2) is 7.54. The number of nitrogens with one attached hydrogen (secondary N) is 1. The Hall–Kier alpha value is -2.02. The third-order valence-electron chi connectivity index (χ3n) is 5.24. The first kappa shape index (κ1) is 21.3. The van der Waals surface area contributed by atoms with Crippen LogP contribution in [0.2, 0.25) is 18.1 Å². The number of hydrogen-bond acceptors (Lipinski definition) is 5. The van der Waals surface area contributed by atoms with Crippen molar-refractivity contribution < 1.29 is 13.6 Å². The lowest BCUT2D eigenvalue weighted by Crippen LogP contribution is -2.45. The van der Waals surface area contributed by atoms with Crippen LogP contribution >= 0.6 is 0 Å². The zero-order valence-electron chi connectivity index (χ0n) is 16.5. The lowest BCUT2D eigenvalue weighted by molar-refractivity contribution is 0.00562. The zero-order valence-corrected chi connectivity index (χ0v) is 17.5. The van der Waals surface area contributed by atoms with E-state index in [4.69, 9.17) is 14.4 Å². The Kier molecular flexibility index (Phi) is 5.94. The van der Waals surface area contributed by atoms with E-state index in [1.54, 1.807) is 6.92 Å². The number of halogens is 1. The van der Waals surface area contributed by atoms with E-state index in [-0.39, 0.29) is 5.04 Å². The Morgan fingerprint density at radius 1 is 1.48 bits per heavy atom. The fourth-order valence-corrected chi connectivity index (χ4v) is 3.98. The van der Waals surface area contributed by atoms with E-state index in [1.807, 2.05) is 0 Å². The summed E-state index contributed by atoms with van der Waals surface area (Å²) in [6.45, 7) is 12.0. The summed E-state index contributed by atoms with van der Waals surface area (Å²) in [6.07, 6.45) is 0.772. The molecule has 2 rings (SSSR count). The van der Waals surface area contributed by atoms with E-state index in [0.29, 0.717) is 12.0 Å². The molecule has 0 spiro atoms. The van der Waals surface area contributed by atoms with Gasteiger partial charge in [-0.2, -0.15) is 9.65 Å². The normalized spacial score (nSPS) is 24.1. The van der Waals surface area contributed by atoms with Crippen molar-refractivity contribution in [1.29, 1.82) is 5.26 Å². The van der Waals surface area contributed by atoms with Crippen molar-refractivity contribution >= 4 is 8.32 Å². The highest BCUT2D eigenvalue weighted by atomic mass is 28.4. The van der Waals surface area contributed by atoms with Crippen LogP contribution in [-0.2, 0) is 9.16 Å². The first-order valence-corrected chi connectivity index (χ1v) is 11.7. The number of aromatic amines is 1. The molecular formula is C18H26FN3O4Si. The van der Waals surface area contributed by atoms with Crippen LogP contribution in [0.1, 0.15) is 39.0 Å². The van der Waals surface area contributed by atoms with Gasteiger partial charge in [0.2, 0.25) is 0 Å². The van der Waals surface area contributed by atoms with Gasteiger partial charge in [0.25, 0.3) is 5.56 Å². The second-order valence-electron chi connectivity index (χ2n) is 8.31. The number of ether oxygens (including phenoxy) is 1. The van der Waals surface area contributed by atoms with Gasteiger partial charge in [0.05, 0.1) is 6.10 Å². The van der Waals surface area contributed by atoms with Gasteiger partial charge in [0, 0.05) is 18.2 Å². The quantitative estimate of drug-likeness (QED) is 0.624. The molecule has 0 bridgehead atoms. The van der Waals surface area contributed by atoms with Crippen LogP contribution in [0.3, 0.4) is 0 Å². The lowest BCUT2D eigenvalue weighted by atomic mass is 10.1. The fraction of sp³-hybridized carbons (Fsp3) is 0.611. The van der Waals surface area contributed by atoms with Crippen LogP contribution in [0.5, 0.6) is 0 Å². The van der Waals surface area contributed by atoms with Crippen molar-refractivity contribution in [3.8, 4) is 6.07 Å². The van der Waals surface area contributed by atoms with Gasteiger partial charge in [-0.05, 0) is 31.1 Å². The van der Waals surface area contributed by atoms with E-state index in [9.17, 15) is 14.0 Å². The van der Waals surface area contributed by atoms with Gasteiger partial charge in [-0.3, -0.25) is 14.3 Å². The van der Waals surface area contributed by atoms with Crippen molar-refractivity contribution in [2.24, 2.45) is 0 Å². The van der Waals surface area contributed by atoms with Gasteiger partial charge < -0.3 is 9.16 Å². The van der Waals surface area contributed by atoms with Crippen LogP contribution < -0.4 is 11.2 Å². The van der Waals surface area contributed by atoms with Crippen LogP contribution in [-0.4, -0.2) is 30.1 Å². The SMILES string of the molecule is Cc1cn([C@H]2C[C@H](O[Si](C)(C)C(C)(C)C)[C@@H](/C=C(/F)C#N)O2)c(=O)[nH]c1=O. The van der Waals surface area contributed by atoms with Crippen LogP contribution in [0.4, 0.5) is 4.39 Å². The number of nitrogens with zero attached hydrogens (tertiary/aromatic N) is 2. The monoisotopic (exact) mass is 395 g/mol. The molecule has 27 heavy (non-hydrogen) atoms. The Bertz CT molecular complexity index is 892. The van der Waals surface area contributed by atoms with E-state index in [2.05, 4.69) is 38.8 Å². The molecule has 1 aromatic heterocycles. The average molecular weight is 396 g/mol. The van der Waals surface area contributed by atoms with E-state index < -0.39 is 43.8 Å². The topological polar surface area (TPSA) is 97.1 Å². The Morgan fingerprint density at radius 2 is 2.11 bits per heavy atom. The number of hydrogen-bond donors (Lipinski definition) is 1. The highest BCUT2D eigenvalue weighted by Crippen LogP contribution is 2.41. The molecule has 1 fully saturated rings. The standard InChI is InChI=1S/C18H26FN3O4Si/c1-11-10-22(17(24)21-16(11)23)15-8-14(13(25-15)7-12(19)9-20)26-27(5,6)18(2,3)4/h7,10,13-15H,8H2,1-6H3,(H,21,23,24)/b12-7+/t13-,14+,15-/m1/s1. The molecule has 1 N–H and O–H groups in total. The molecule has 1 aliphatic heterocycles. The van der Waals surface area contributed by atoms with Gasteiger partial charge in [-0.1, -0.05) is 20.8 Å². The second-order valence-corrected chi connectivity index (χ2v) is 13.1. The molecule has 1 aromatic rings. The predicted octanol–water partition coefficient (Wildman–Crippen LogP) is 2.90. The van der Waals surface area contributed by atoms with E-state index in [0.717, 1.165) is 6.08 Å². The van der Waals surface area contributed by atoms with E-state index >= 15 is 0 Å². The number of nitriles is 1. The molecule has 7 nitrogen and oxygen atoms in total. The third-order valence-corrected chi connectivity index (χ3v) is 9.74. The maximum Gasteiger partial charge on any atom is 0.330 e. The van der Waals surface area contributed by atoms with E-state index in [1.165, 1.54) is 16.8 Å². The first-order chi connectivity index (χ1) is 12.4. The Morgan fingerprint density at radius 3 is 2.67 bits per heavy atom. The molecule has 0 unspecified atom stereocenters. The van der Waals surface area contributed by atoms with Crippen LogP contribution in [0.25, 0.3) is 0 Å². The summed E-state index contributed by atoms with van der Waals surface area (Å²) in [5, 5.41) is 8.69. The van der Waals surface area contributed by atoms with Gasteiger partial charge in [-0.15, -0.1) is 0 Å². The Balaban J connectivity index is 2.38. The maximum atomic E-state index is 13.6. The Labute approximate surface area is 158 Å². The van der Waals surface area contributed by atoms with Crippen molar-refractivity contribution in [2.75, 3.05) is 0 Å². The average Bonchev–Trinajstić information content (AvgIpc) is 2.91. The minimum absolute atomic E-state index is 0.0709. The molecule has 1 saturated heterocycles. The smallest absolute Gasteiger partial charge is 0.330 e. The minimum Gasteiger partial charge on any atom is -0.411 e. The van der Waals surface area contributed by atoms with Crippen molar-refractivity contribution in [1.82, 2.24) is 9.55 Å². The van der Waals surface area contributed by atoms with Gasteiger partial charge in [0.15, 0.2) is 14.1 Å². The highest BCUT2D eigenvalue weighted by molar-refractivity contribution is 6.74. The molecule has 3 atom stereocenters. The number of H-pyrrole nitrogens is 1. The first-order valence-electron chi connectivity index (χ1n) is 8.78. The summed E-state index contributed by atoms with van der Waals surface area (Å²) >= 11 is 0. The van der Waals surface area contributed by atoms with Crippen LogP contribution in [0, 0.1) is 18.3 Å². The largest absolute Gasteiger partial charge is 0.411 e. The van der Waals surface area contributed by atoms with Crippen LogP contribution in [0.15, 0.2) is 27.7 Å².